The summed E-state index contributed by atoms with van der Waals surface area (Å²) in [5.41, 5.74) is 1.41. The second kappa shape index (κ2) is 6.72. The molecule has 2 atom stereocenters. The van der Waals surface area contributed by atoms with Gasteiger partial charge in [0.1, 0.15) is 0 Å². The molecule has 0 amide bonds. The normalized spacial score (nSPS) is 19.9. The first kappa shape index (κ1) is 14.1. The van der Waals surface area contributed by atoms with Gasteiger partial charge in [-0.1, -0.05) is 40.9 Å². The van der Waals surface area contributed by atoms with Gasteiger partial charge >= 0.3 is 0 Å². The molecule has 1 saturated carbocycles. The van der Waals surface area contributed by atoms with Crippen molar-refractivity contribution in [1.29, 1.82) is 0 Å². The maximum atomic E-state index is 3.77. The largest absolute Gasteiger partial charge is 0.311 e. The van der Waals surface area contributed by atoms with Gasteiger partial charge in [0, 0.05) is 16.6 Å². The zero-order valence-electron chi connectivity index (χ0n) is 11.5. The van der Waals surface area contributed by atoms with E-state index >= 15 is 0 Å². The molecule has 1 aliphatic carbocycles. The Kier molecular flexibility index (Phi) is 5.25. The monoisotopic (exact) mass is 309 g/mol. The summed E-state index contributed by atoms with van der Waals surface area (Å²) < 4.78 is 1.16. The summed E-state index contributed by atoms with van der Waals surface area (Å²) in [5, 5.41) is 3.77. The van der Waals surface area contributed by atoms with E-state index in [1.165, 1.54) is 31.2 Å². The number of hydrogen-bond donors (Lipinski definition) is 1. The zero-order chi connectivity index (χ0) is 13.0. The highest BCUT2D eigenvalue weighted by Crippen LogP contribution is 2.27. The molecule has 1 aromatic carbocycles. The predicted octanol–water partition coefficient (Wildman–Crippen LogP) is 4.55. The summed E-state index contributed by atoms with van der Waals surface area (Å²) in [6.07, 6.45) is 6.80. The van der Waals surface area contributed by atoms with Crippen LogP contribution in [0.1, 0.15) is 45.1 Å². The third-order valence-electron chi connectivity index (χ3n) is 4.11. The molecule has 18 heavy (non-hydrogen) atoms. The van der Waals surface area contributed by atoms with Crippen molar-refractivity contribution in [1.82, 2.24) is 5.32 Å². The van der Waals surface area contributed by atoms with Gasteiger partial charge in [-0.05, 0) is 56.7 Å². The van der Waals surface area contributed by atoms with Crippen LogP contribution < -0.4 is 5.32 Å². The van der Waals surface area contributed by atoms with Gasteiger partial charge in [0.25, 0.3) is 0 Å². The topological polar surface area (TPSA) is 12.0 Å². The fourth-order valence-electron chi connectivity index (χ4n) is 3.08. The van der Waals surface area contributed by atoms with Crippen molar-refractivity contribution in [2.45, 2.75) is 58.0 Å². The molecule has 0 bridgehead atoms. The number of hydrogen-bond acceptors (Lipinski definition) is 1. The lowest BCUT2D eigenvalue weighted by Gasteiger charge is -2.25. The van der Waals surface area contributed by atoms with E-state index in [0.717, 1.165) is 16.8 Å². The third-order valence-corrected chi connectivity index (χ3v) is 4.64. The summed E-state index contributed by atoms with van der Waals surface area (Å²) in [7, 11) is 0. The second-order valence-corrected chi connectivity index (χ2v) is 6.65. The number of benzene rings is 1. The quantitative estimate of drug-likeness (QED) is 0.841. The van der Waals surface area contributed by atoms with E-state index < -0.39 is 0 Å². The molecule has 2 rings (SSSR count). The summed E-state index contributed by atoms with van der Waals surface area (Å²) in [6.45, 7) is 4.65. The molecule has 0 aromatic heterocycles. The van der Waals surface area contributed by atoms with E-state index in [1.807, 2.05) is 0 Å². The molecule has 100 valence electrons. The lowest BCUT2D eigenvalue weighted by Crippen LogP contribution is -2.39. The second-order valence-electron chi connectivity index (χ2n) is 5.73. The smallest absolute Gasteiger partial charge is 0.0175 e. The first-order valence-electron chi connectivity index (χ1n) is 7.15. The maximum Gasteiger partial charge on any atom is 0.0175 e. The summed E-state index contributed by atoms with van der Waals surface area (Å²) in [6, 6.07) is 9.90. The lowest BCUT2D eigenvalue weighted by molar-refractivity contribution is 0.348. The van der Waals surface area contributed by atoms with Crippen LogP contribution in [-0.4, -0.2) is 12.1 Å². The van der Waals surface area contributed by atoms with Crippen LogP contribution in [0.5, 0.6) is 0 Å². The molecule has 0 heterocycles. The first-order chi connectivity index (χ1) is 8.65. The number of halogens is 1. The van der Waals surface area contributed by atoms with E-state index in [0.29, 0.717) is 12.1 Å². The van der Waals surface area contributed by atoms with Crippen molar-refractivity contribution in [2.24, 2.45) is 5.92 Å². The Bertz CT molecular complexity index is 354. The number of nitrogens with one attached hydrogen (secondary N) is 1. The van der Waals surface area contributed by atoms with Crippen LogP contribution in [0.3, 0.4) is 0 Å². The molecule has 1 fully saturated rings. The highest BCUT2D eigenvalue weighted by molar-refractivity contribution is 9.10. The fourth-order valence-corrected chi connectivity index (χ4v) is 3.34. The summed E-state index contributed by atoms with van der Waals surface area (Å²) >= 11 is 3.48. The molecule has 1 aliphatic rings. The summed E-state index contributed by atoms with van der Waals surface area (Å²) in [5.74, 6) is 0.900. The molecule has 0 aliphatic heterocycles. The third kappa shape index (κ3) is 4.10. The van der Waals surface area contributed by atoms with E-state index in [2.05, 4.69) is 59.4 Å². The lowest BCUT2D eigenvalue weighted by atomic mass is 9.98. The van der Waals surface area contributed by atoms with Gasteiger partial charge in [-0.15, -0.1) is 0 Å². The standard InChI is InChI=1S/C16H24BrN/c1-12(11-14-7-9-16(17)10-8-14)18-13(2)15-5-3-4-6-15/h7-10,12-13,15,18H,3-6,11H2,1-2H3/t12?,13-/m0/s1. The van der Waals surface area contributed by atoms with Crippen LogP contribution in [0.25, 0.3) is 0 Å². The van der Waals surface area contributed by atoms with Gasteiger partial charge in [0.2, 0.25) is 0 Å². The Morgan fingerprint density at radius 2 is 1.78 bits per heavy atom. The van der Waals surface area contributed by atoms with E-state index in [-0.39, 0.29) is 0 Å². The van der Waals surface area contributed by atoms with Gasteiger partial charge < -0.3 is 5.32 Å². The van der Waals surface area contributed by atoms with Crippen LogP contribution in [0.15, 0.2) is 28.7 Å². The van der Waals surface area contributed by atoms with Gasteiger partial charge in [0.15, 0.2) is 0 Å². The van der Waals surface area contributed by atoms with Crippen molar-refractivity contribution in [3.63, 3.8) is 0 Å². The summed E-state index contributed by atoms with van der Waals surface area (Å²) in [4.78, 5) is 0. The molecule has 1 aromatic rings. The molecular weight excluding hydrogens is 286 g/mol. The average molecular weight is 310 g/mol. The predicted molar refractivity (Wildman–Crippen MR) is 81.9 cm³/mol. The Labute approximate surface area is 119 Å². The molecule has 1 nitrogen and oxygen atoms in total. The van der Waals surface area contributed by atoms with Crippen LogP contribution in [-0.2, 0) is 6.42 Å². The molecule has 0 radical (unpaired) electrons. The molecule has 1 N–H and O–H groups in total. The van der Waals surface area contributed by atoms with E-state index in [1.54, 1.807) is 0 Å². The van der Waals surface area contributed by atoms with E-state index in [4.69, 9.17) is 0 Å². The van der Waals surface area contributed by atoms with Crippen LogP contribution >= 0.6 is 15.9 Å². The van der Waals surface area contributed by atoms with Gasteiger partial charge in [-0.2, -0.15) is 0 Å². The van der Waals surface area contributed by atoms with Crippen molar-refractivity contribution < 1.29 is 0 Å². The van der Waals surface area contributed by atoms with Gasteiger partial charge in [-0.25, -0.2) is 0 Å². The van der Waals surface area contributed by atoms with Gasteiger partial charge in [-0.3, -0.25) is 0 Å². The zero-order valence-corrected chi connectivity index (χ0v) is 13.0. The minimum atomic E-state index is 0.557. The molecule has 0 saturated heterocycles. The highest BCUT2D eigenvalue weighted by Gasteiger charge is 2.22. The maximum absolute atomic E-state index is 3.77. The van der Waals surface area contributed by atoms with Crippen LogP contribution in [0.2, 0.25) is 0 Å². The fraction of sp³-hybridized carbons (Fsp3) is 0.625. The van der Waals surface area contributed by atoms with Crippen molar-refractivity contribution in [3.8, 4) is 0 Å². The Morgan fingerprint density at radius 1 is 1.17 bits per heavy atom. The Balaban J connectivity index is 1.80. The molecule has 0 spiro atoms. The molecular formula is C16H24BrN. The number of rotatable bonds is 5. The SMILES string of the molecule is CC(Cc1ccc(Br)cc1)N[C@@H](C)C1CCCC1. The highest BCUT2D eigenvalue weighted by atomic mass is 79.9. The van der Waals surface area contributed by atoms with Crippen molar-refractivity contribution in [3.05, 3.63) is 34.3 Å². The molecule has 2 heteroatoms. The minimum absolute atomic E-state index is 0.557. The van der Waals surface area contributed by atoms with Gasteiger partial charge in [0.05, 0.1) is 0 Å². The first-order valence-corrected chi connectivity index (χ1v) is 7.95. The Hall–Kier alpha value is -0.340. The minimum Gasteiger partial charge on any atom is -0.311 e. The van der Waals surface area contributed by atoms with Crippen molar-refractivity contribution in [2.75, 3.05) is 0 Å². The van der Waals surface area contributed by atoms with Crippen LogP contribution in [0.4, 0.5) is 0 Å². The van der Waals surface area contributed by atoms with E-state index in [9.17, 15) is 0 Å². The van der Waals surface area contributed by atoms with Crippen molar-refractivity contribution >= 4 is 15.9 Å². The average Bonchev–Trinajstić information content (AvgIpc) is 2.85. The molecule has 1 unspecified atom stereocenters. The van der Waals surface area contributed by atoms with Crippen LogP contribution in [0, 0.1) is 5.92 Å². The Morgan fingerprint density at radius 3 is 2.39 bits per heavy atom.